The summed E-state index contributed by atoms with van der Waals surface area (Å²) in [5.41, 5.74) is 2.21. The molecule has 0 saturated carbocycles. The predicted octanol–water partition coefficient (Wildman–Crippen LogP) is 4.96. The smallest absolute Gasteiger partial charge is 0.380 e. The average molecular weight is 395 g/mol. The van der Waals surface area contributed by atoms with Crippen LogP contribution in [0.4, 0.5) is 18.9 Å². The Bertz CT molecular complexity index is 1110. The van der Waals surface area contributed by atoms with Crippen LogP contribution >= 0.6 is 0 Å². The highest BCUT2D eigenvalue weighted by molar-refractivity contribution is 5.73. The Hall–Kier alpha value is -3.68. The van der Waals surface area contributed by atoms with E-state index in [1.54, 1.807) is 18.5 Å². The highest BCUT2D eigenvalue weighted by atomic mass is 19.4. The summed E-state index contributed by atoms with van der Waals surface area (Å²) >= 11 is 0. The summed E-state index contributed by atoms with van der Waals surface area (Å²) in [5, 5.41) is 7.72. The molecule has 0 atom stereocenters. The van der Waals surface area contributed by atoms with Crippen LogP contribution < -0.4 is 5.32 Å². The van der Waals surface area contributed by atoms with Gasteiger partial charge in [0.1, 0.15) is 6.33 Å². The molecule has 4 aromatic rings. The molecule has 0 amide bonds. The van der Waals surface area contributed by atoms with Gasteiger partial charge in [-0.1, -0.05) is 18.2 Å². The first-order valence-corrected chi connectivity index (χ1v) is 8.82. The van der Waals surface area contributed by atoms with E-state index in [-0.39, 0.29) is 0 Å². The van der Waals surface area contributed by atoms with E-state index in [2.05, 4.69) is 20.4 Å². The average Bonchev–Trinajstić information content (AvgIpc) is 3.23. The van der Waals surface area contributed by atoms with Gasteiger partial charge in [0.25, 0.3) is 0 Å². The zero-order chi connectivity index (χ0) is 20.3. The lowest BCUT2D eigenvalue weighted by Crippen LogP contribution is -2.06. The van der Waals surface area contributed by atoms with Crippen molar-refractivity contribution in [2.24, 2.45) is 0 Å². The molecule has 0 aliphatic carbocycles. The molecule has 0 radical (unpaired) electrons. The maximum Gasteiger partial charge on any atom is 0.416 e. The number of nitrogens with one attached hydrogen (secondary N) is 1. The van der Waals surface area contributed by atoms with Crippen molar-refractivity contribution in [1.82, 2.24) is 19.7 Å². The molecule has 0 aliphatic rings. The Labute approximate surface area is 164 Å². The molecule has 5 nitrogen and oxygen atoms in total. The molecule has 0 saturated heterocycles. The van der Waals surface area contributed by atoms with Crippen molar-refractivity contribution in [3.8, 4) is 17.1 Å². The second kappa shape index (κ2) is 7.75. The number of para-hydroxylation sites is 1. The Kier molecular flexibility index (Phi) is 4.99. The fraction of sp³-hybridized carbons (Fsp3) is 0.0952. The second-order valence-corrected chi connectivity index (χ2v) is 6.32. The van der Waals surface area contributed by atoms with E-state index < -0.39 is 11.7 Å². The van der Waals surface area contributed by atoms with Gasteiger partial charge in [-0.25, -0.2) is 9.67 Å². The molecule has 0 bridgehead atoms. The first-order valence-electron chi connectivity index (χ1n) is 8.82. The lowest BCUT2D eigenvalue weighted by atomic mass is 10.1. The van der Waals surface area contributed by atoms with Crippen molar-refractivity contribution in [3.63, 3.8) is 0 Å². The highest BCUT2D eigenvalue weighted by Crippen LogP contribution is 2.31. The zero-order valence-corrected chi connectivity index (χ0v) is 15.1. The molecular formula is C21H16F3N5. The van der Waals surface area contributed by atoms with E-state index in [0.29, 0.717) is 18.1 Å². The van der Waals surface area contributed by atoms with Gasteiger partial charge in [0.2, 0.25) is 0 Å². The second-order valence-electron chi connectivity index (χ2n) is 6.32. The summed E-state index contributed by atoms with van der Waals surface area (Å²) in [5.74, 6) is 0.417. The van der Waals surface area contributed by atoms with Crippen molar-refractivity contribution in [2.45, 2.75) is 12.7 Å². The standard InChI is InChI=1S/C21H16F3N5/c22-21(23,24)16-4-3-5-17(12-16)29-14-27-20(28-29)18-6-1-2-7-19(18)26-13-15-8-10-25-11-9-15/h1-12,14,26H,13H2. The highest BCUT2D eigenvalue weighted by Gasteiger charge is 2.30. The van der Waals surface area contributed by atoms with Crippen molar-refractivity contribution < 1.29 is 13.2 Å². The van der Waals surface area contributed by atoms with Crippen LogP contribution in [0.1, 0.15) is 11.1 Å². The van der Waals surface area contributed by atoms with Gasteiger partial charge in [-0.3, -0.25) is 4.98 Å². The van der Waals surface area contributed by atoms with Gasteiger partial charge in [0.05, 0.1) is 11.3 Å². The largest absolute Gasteiger partial charge is 0.416 e. The quantitative estimate of drug-likeness (QED) is 0.519. The molecule has 0 spiro atoms. The fourth-order valence-corrected chi connectivity index (χ4v) is 2.87. The molecule has 2 heterocycles. The van der Waals surface area contributed by atoms with Crippen LogP contribution in [-0.2, 0) is 12.7 Å². The summed E-state index contributed by atoms with van der Waals surface area (Å²) in [6.45, 7) is 0.591. The third-order valence-corrected chi connectivity index (χ3v) is 4.33. The van der Waals surface area contributed by atoms with E-state index in [9.17, 15) is 13.2 Å². The number of anilines is 1. The van der Waals surface area contributed by atoms with E-state index in [4.69, 9.17) is 0 Å². The third-order valence-electron chi connectivity index (χ3n) is 4.33. The van der Waals surface area contributed by atoms with E-state index >= 15 is 0 Å². The van der Waals surface area contributed by atoms with Gasteiger partial charge in [-0.05, 0) is 48.0 Å². The fourth-order valence-electron chi connectivity index (χ4n) is 2.87. The van der Waals surface area contributed by atoms with Gasteiger partial charge < -0.3 is 5.32 Å². The van der Waals surface area contributed by atoms with E-state index in [1.807, 2.05) is 36.4 Å². The lowest BCUT2D eigenvalue weighted by molar-refractivity contribution is -0.137. The molecule has 2 aromatic heterocycles. The third kappa shape index (κ3) is 4.26. The van der Waals surface area contributed by atoms with Crippen LogP contribution in [0.2, 0.25) is 0 Å². The molecule has 8 heteroatoms. The number of hydrogen-bond acceptors (Lipinski definition) is 4. The Morgan fingerprint density at radius 2 is 1.72 bits per heavy atom. The molecule has 4 rings (SSSR count). The number of halogens is 3. The first-order chi connectivity index (χ1) is 14.0. The zero-order valence-electron chi connectivity index (χ0n) is 15.1. The van der Waals surface area contributed by atoms with E-state index in [1.165, 1.54) is 17.1 Å². The van der Waals surface area contributed by atoms with E-state index in [0.717, 1.165) is 28.9 Å². The maximum atomic E-state index is 13.0. The summed E-state index contributed by atoms with van der Waals surface area (Å²) in [7, 11) is 0. The van der Waals surface area contributed by atoms with Gasteiger partial charge >= 0.3 is 6.18 Å². The molecule has 29 heavy (non-hydrogen) atoms. The van der Waals surface area contributed by atoms with Crippen molar-refractivity contribution in [3.05, 3.63) is 90.5 Å². The van der Waals surface area contributed by atoms with Crippen molar-refractivity contribution in [1.29, 1.82) is 0 Å². The van der Waals surface area contributed by atoms with Gasteiger partial charge in [-0.2, -0.15) is 13.2 Å². The molecule has 0 fully saturated rings. The minimum atomic E-state index is -4.41. The number of alkyl halides is 3. The number of rotatable bonds is 5. The first kappa shape index (κ1) is 18.7. The summed E-state index contributed by atoms with van der Waals surface area (Å²) in [4.78, 5) is 8.29. The van der Waals surface area contributed by atoms with Crippen LogP contribution in [0.5, 0.6) is 0 Å². The summed E-state index contributed by atoms with van der Waals surface area (Å²) in [6, 6.07) is 16.3. The van der Waals surface area contributed by atoms with Crippen molar-refractivity contribution in [2.75, 3.05) is 5.32 Å². The summed E-state index contributed by atoms with van der Waals surface area (Å²) < 4.78 is 40.3. The number of aromatic nitrogens is 4. The summed E-state index contributed by atoms with van der Waals surface area (Å²) in [6.07, 6.45) is 0.440. The molecule has 0 aliphatic heterocycles. The Balaban J connectivity index is 1.60. The topological polar surface area (TPSA) is 55.6 Å². The van der Waals surface area contributed by atoms with Gasteiger partial charge in [-0.15, -0.1) is 5.10 Å². The lowest BCUT2D eigenvalue weighted by Gasteiger charge is -2.10. The van der Waals surface area contributed by atoms with Crippen LogP contribution in [0.25, 0.3) is 17.1 Å². The van der Waals surface area contributed by atoms with Crippen LogP contribution in [-0.4, -0.2) is 19.7 Å². The number of nitrogens with zero attached hydrogens (tertiary/aromatic N) is 4. The normalized spacial score (nSPS) is 11.4. The Morgan fingerprint density at radius 1 is 0.931 bits per heavy atom. The Morgan fingerprint density at radius 3 is 2.52 bits per heavy atom. The molecule has 0 unspecified atom stereocenters. The monoisotopic (exact) mass is 395 g/mol. The minimum absolute atomic E-state index is 0.292. The molecular weight excluding hydrogens is 379 g/mol. The number of hydrogen-bond donors (Lipinski definition) is 1. The van der Waals surface area contributed by atoms with Crippen LogP contribution in [0.3, 0.4) is 0 Å². The van der Waals surface area contributed by atoms with Crippen LogP contribution in [0.15, 0.2) is 79.4 Å². The number of pyridine rings is 1. The van der Waals surface area contributed by atoms with Crippen molar-refractivity contribution >= 4 is 5.69 Å². The number of benzene rings is 2. The maximum absolute atomic E-state index is 13.0. The van der Waals surface area contributed by atoms with Gasteiger partial charge in [0, 0.05) is 30.2 Å². The predicted molar refractivity (Wildman–Crippen MR) is 103 cm³/mol. The SMILES string of the molecule is FC(F)(F)c1cccc(-n2cnc(-c3ccccc3NCc3ccncc3)n2)c1. The molecule has 146 valence electrons. The van der Waals surface area contributed by atoms with Gasteiger partial charge in [0.15, 0.2) is 5.82 Å². The minimum Gasteiger partial charge on any atom is -0.380 e. The van der Waals surface area contributed by atoms with Crippen LogP contribution in [0, 0.1) is 0 Å². The molecule has 2 aromatic carbocycles. The molecule has 1 N–H and O–H groups in total.